The van der Waals surface area contributed by atoms with Crippen molar-refractivity contribution in [1.29, 1.82) is 0 Å². The van der Waals surface area contributed by atoms with Gasteiger partial charge >= 0.3 is 0 Å². The van der Waals surface area contributed by atoms with Crippen LogP contribution in [0.5, 0.6) is 0 Å². The van der Waals surface area contributed by atoms with Crippen molar-refractivity contribution in [2.45, 2.75) is 78.2 Å². The number of carbonyl (C=O) groups excluding carboxylic acids is 2. The van der Waals surface area contributed by atoms with Crippen LogP contribution in [0.3, 0.4) is 0 Å². The second-order valence-electron chi connectivity index (χ2n) is 10.1. The van der Waals surface area contributed by atoms with E-state index in [4.69, 9.17) is 0 Å². The molecule has 178 valence electrons. The lowest BCUT2D eigenvalue weighted by Gasteiger charge is -2.41. The molecular formula is C27H43N3O2. The fraction of sp³-hybridized carbons (Fsp3) is 0.704. The Labute approximate surface area is 194 Å². The first-order valence-corrected chi connectivity index (χ1v) is 12.9. The minimum Gasteiger partial charge on any atom is -0.356 e. The highest BCUT2D eigenvalue weighted by Crippen LogP contribution is 2.25. The summed E-state index contributed by atoms with van der Waals surface area (Å²) in [5, 5.41) is 3.09. The molecule has 0 saturated carbocycles. The van der Waals surface area contributed by atoms with Gasteiger partial charge in [-0.2, -0.15) is 0 Å². The number of aryl methyl sites for hydroxylation is 1. The highest BCUT2D eigenvalue weighted by molar-refractivity contribution is 5.94. The number of hydrogen-bond acceptors (Lipinski definition) is 3. The second kappa shape index (κ2) is 12.4. The van der Waals surface area contributed by atoms with Crippen LogP contribution in [-0.2, 0) is 11.2 Å². The van der Waals surface area contributed by atoms with E-state index in [-0.39, 0.29) is 17.7 Å². The molecule has 2 amide bonds. The number of nitrogens with one attached hydrogen (secondary N) is 1. The lowest BCUT2D eigenvalue weighted by molar-refractivity contribution is -0.126. The van der Waals surface area contributed by atoms with Crippen molar-refractivity contribution in [3.05, 3.63) is 35.4 Å². The van der Waals surface area contributed by atoms with Gasteiger partial charge in [-0.25, -0.2) is 0 Å². The molecule has 32 heavy (non-hydrogen) atoms. The predicted octanol–water partition coefficient (Wildman–Crippen LogP) is 4.51. The van der Waals surface area contributed by atoms with Crippen LogP contribution >= 0.6 is 0 Å². The molecule has 0 spiro atoms. The SMILES string of the molecule is CCCCCc1ccc(C(=O)N2CCC(N3CCC(C(=O)NCC(C)C)CC3)CC2)cc1. The summed E-state index contributed by atoms with van der Waals surface area (Å²) in [6, 6.07) is 8.80. The summed E-state index contributed by atoms with van der Waals surface area (Å²) in [4.78, 5) is 29.9. The molecule has 2 aliphatic rings. The Morgan fingerprint density at radius 3 is 2.22 bits per heavy atom. The van der Waals surface area contributed by atoms with Gasteiger partial charge in [0.05, 0.1) is 0 Å². The number of carbonyl (C=O) groups is 2. The Hall–Kier alpha value is -1.88. The van der Waals surface area contributed by atoms with E-state index in [1.807, 2.05) is 17.0 Å². The van der Waals surface area contributed by atoms with Crippen LogP contribution in [0, 0.1) is 11.8 Å². The maximum absolute atomic E-state index is 12.9. The van der Waals surface area contributed by atoms with Crippen LogP contribution in [0.15, 0.2) is 24.3 Å². The lowest BCUT2D eigenvalue weighted by Crippen LogP contribution is -2.50. The Balaban J connectivity index is 1.40. The standard InChI is InChI=1S/C27H43N3O2/c1-4-5-6-7-22-8-10-24(11-9-22)27(32)30-18-14-25(15-19-30)29-16-12-23(13-17-29)26(31)28-20-21(2)3/h8-11,21,23,25H,4-7,12-20H2,1-3H3,(H,28,31). The van der Waals surface area contributed by atoms with E-state index < -0.39 is 0 Å². The maximum Gasteiger partial charge on any atom is 0.253 e. The molecule has 5 heteroatoms. The molecule has 0 aliphatic carbocycles. The van der Waals surface area contributed by atoms with Crippen LogP contribution in [-0.4, -0.2) is 60.4 Å². The average Bonchev–Trinajstić information content (AvgIpc) is 2.83. The van der Waals surface area contributed by atoms with Gasteiger partial charge in [0.15, 0.2) is 0 Å². The molecule has 1 aromatic carbocycles. The Bertz CT molecular complexity index is 715. The third-order valence-corrected chi connectivity index (χ3v) is 7.12. The molecule has 0 aromatic heterocycles. The van der Waals surface area contributed by atoms with Gasteiger partial charge < -0.3 is 15.1 Å². The first-order chi connectivity index (χ1) is 15.5. The highest BCUT2D eigenvalue weighted by atomic mass is 16.2. The number of benzene rings is 1. The molecule has 0 atom stereocenters. The zero-order chi connectivity index (χ0) is 22.9. The summed E-state index contributed by atoms with van der Waals surface area (Å²) < 4.78 is 0. The van der Waals surface area contributed by atoms with Gasteiger partial charge in [0.1, 0.15) is 0 Å². The largest absolute Gasteiger partial charge is 0.356 e. The molecule has 2 fully saturated rings. The normalized spacial score (nSPS) is 18.8. The Kier molecular flexibility index (Phi) is 9.58. The van der Waals surface area contributed by atoms with Crippen LogP contribution in [0.2, 0.25) is 0 Å². The van der Waals surface area contributed by atoms with E-state index in [2.05, 4.69) is 43.1 Å². The third kappa shape index (κ3) is 7.06. The van der Waals surface area contributed by atoms with E-state index in [1.165, 1.54) is 24.8 Å². The van der Waals surface area contributed by atoms with Gasteiger partial charge in [-0.15, -0.1) is 0 Å². The molecule has 3 rings (SSSR count). The van der Waals surface area contributed by atoms with Crippen molar-refractivity contribution in [3.63, 3.8) is 0 Å². The maximum atomic E-state index is 12.9. The first-order valence-electron chi connectivity index (χ1n) is 12.9. The van der Waals surface area contributed by atoms with Crippen LogP contribution in [0.4, 0.5) is 0 Å². The molecular weight excluding hydrogens is 398 g/mol. The molecule has 2 aliphatic heterocycles. The van der Waals surface area contributed by atoms with Crippen LogP contribution in [0.1, 0.15) is 81.6 Å². The predicted molar refractivity (Wildman–Crippen MR) is 131 cm³/mol. The summed E-state index contributed by atoms with van der Waals surface area (Å²) in [6.45, 7) is 10.9. The van der Waals surface area contributed by atoms with Crippen LogP contribution in [0.25, 0.3) is 0 Å². The van der Waals surface area contributed by atoms with Gasteiger partial charge in [-0.1, -0.05) is 45.7 Å². The minimum atomic E-state index is 0.164. The van der Waals surface area contributed by atoms with E-state index >= 15 is 0 Å². The molecule has 2 saturated heterocycles. The monoisotopic (exact) mass is 441 g/mol. The molecule has 1 aromatic rings. The second-order valence-corrected chi connectivity index (χ2v) is 10.1. The third-order valence-electron chi connectivity index (χ3n) is 7.12. The lowest BCUT2D eigenvalue weighted by atomic mass is 9.92. The highest BCUT2D eigenvalue weighted by Gasteiger charge is 2.31. The van der Waals surface area contributed by atoms with Crippen molar-refractivity contribution in [2.24, 2.45) is 11.8 Å². The van der Waals surface area contributed by atoms with Gasteiger partial charge in [-0.3, -0.25) is 9.59 Å². The summed E-state index contributed by atoms with van der Waals surface area (Å²) in [5.41, 5.74) is 2.14. The van der Waals surface area contributed by atoms with E-state index in [1.54, 1.807) is 0 Å². The number of likely N-dealkylation sites (tertiary alicyclic amines) is 2. The van der Waals surface area contributed by atoms with Gasteiger partial charge in [0.25, 0.3) is 5.91 Å². The minimum absolute atomic E-state index is 0.164. The Morgan fingerprint density at radius 2 is 1.62 bits per heavy atom. The van der Waals surface area contributed by atoms with Crippen molar-refractivity contribution in [3.8, 4) is 0 Å². The molecule has 0 unspecified atom stereocenters. The molecule has 0 bridgehead atoms. The Morgan fingerprint density at radius 1 is 0.969 bits per heavy atom. The summed E-state index contributed by atoms with van der Waals surface area (Å²) >= 11 is 0. The fourth-order valence-corrected chi connectivity index (χ4v) is 4.99. The van der Waals surface area contributed by atoms with E-state index in [0.717, 1.165) is 70.4 Å². The zero-order valence-corrected chi connectivity index (χ0v) is 20.4. The summed E-state index contributed by atoms with van der Waals surface area (Å²) in [5.74, 6) is 1.06. The molecule has 1 N–H and O–H groups in total. The number of rotatable bonds is 9. The van der Waals surface area contributed by atoms with Crippen molar-refractivity contribution in [2.75, 3.05) is 32.7 Å². The fourth-order valence-electron chi connectivity index (χ4n) is 4.99. The number of unbranched alkanes of at least 4 members (excludes halogenated alkanes) is 2. The van der Waals surface area contributed by atoms with Gasteiger partial charge in [-0.05, 0) is 75.2 Å². The number of piperidine rings is 2. The quantitative estimate of drug-likeness (QED) is 0.574. The van der Waals surface area contributed by atoms with Gasteiger partial charge in [0.2, 0.25) is 5.91 Å². The molecule has 2 heterocycles. The molecule has 0 radical (unpaired) electrons. The number of hydrogen-bond donors (Lipinski definition) is 1. The first kappa shape index (κ1) is 24.8. The zero-order valence-electron chi connectivity index (χ0n) is 20.4. The number of nitrogens with zero attached hydrogens (tertiary/aromatic N) is 2. The van der Waals surface area contributed by atoms with E-state index in [9.17, 15) is 9.59 Å². The summed E-state index contributed by atoms with van der Waals surface area (Å²) in [7, 11) is 0. The summed E-state index contributed by atoms with van der Waals surface area (Å²) in [6.07, 6.45) is 8.79. The van der Waals surface area contributed by atoms with Crippen molar-refractivity contribution >= 4 is 11.8 Å². The van der Waals surface area contributed by atoms with Crippen molar-refractivity contribution < 1.29 is 9.59 Å². The van der Waals surface area contributed by atoms with Crippen LogP contribution < -0.4 is 5.32 Å². The molecule has 5 nitrogen and oxygen atoms in total. The topological polar surface area (TPSA) is 52.7 Å². The smallest absolute Gasteiger partial charge is 0.253 e. The van der Waals surface area contributed by atoms with Gasteiger partial charge in [0, 0.05) is 37.2 Å². The number of amides is 2. The average molecular weight is 442 g/mol. The van der Waals surface area contributed by atoms with E-state index in [0.29, 0.717) is 12.0 Å². The van der Waals surface area contributed by atoms with Crippen molar-refractivity contribution in [1.82, 2.24) is 15.1 Å².